The Kier molecular flexibility index (Phi) is 5.60. The molecule has 0 radical (unpaired) electrons. The number of hydrogen-bond acceptors (Lipinski definition) is 4. The fourth-order valence-electron chi connectivity index (χ4n) is 3.94. The summed E-state index contributed by atoms with van der Waals surface area (Å²) in [5.74, 6) is 0.478. The summed E-state index contributed by atoms with van der Waals surface area (Å²) in [6, 6.07) is 2.75. The van der Waals surface area contributed by atoms with Gasteiger partial charge in [-0.1, -0.05) is 25.7 Å². The van der Waals surface area contributed by atoms with Crippen molar-refractivity contribution in [3.05, 3.63) is 0 Å². The van der Waals surface area contributed by atoms with E-state index in [2.05, 4.69) is 16.3 Å². The van der Waals surface area contributed by atoms with Gasteiger partial charge in [-0.25, -0.2) is 0 Å². The lowest BCUT2D eigenvalue weighted by Crippen LogP contribution is -2.52. The molecular formula is C16H28N4O. The van der Waals surface area contributed by atoms with Crippen molar-refractivity contribution in [1.29, 1.82) is 5.26 Å². The van der Waals surface area contributed by atoms with E-state index < -0.39 is 5.54 Å². The minimum absolute atomic E-state index is 0.0244. The molecule has 5 heteroatoms. The van der Waals surface area contributed by atoms with E-state index in [0.717, 1.165) is 38.5 Å². The number of amides is 1. The van der Waals surface area contributed by atoms with Gasteiger partial charge in [0.15, 0.2) is 0 Å². The lowest BCUT2D eigenvalue weighted by Gasteiger charge is -2.33. The van der Waals surface area contributed by atoms with Crippen molar-refractivity contribution in [2.45, 2.75) is 62.9 Å². The first-order valence-electron chi connectivity index (χ1n) is 8.23. The Morgan fingerprint density at radius 2 is 2.05 bits per heavy atom. The lowest BCUT2D eigenvalue weighted by molar-refractivity contribution is -0.124. The smallest absolute Gasteiger partial charge is 0.235 e. The van der Waals surface area contributed by atoms with Crippen LogP contribution in [0, 0.1) is 17.2 Å². The summed E-state index contributed by atoms with van der Waals surface area (Å²) in [6.07, 6.45) is 8.27. The summed E-state index contributed by atoms with van der Waals surface area (Å²) in [7, 11) is 2.00. The second kappa shape index (κ2) is 7.24. The molecule has 2 fully saturated rings. The van der Waals surface area contributed by atoms with Gasteiger partial charge in [0.05, 0.1) is 12.6 Å². The van der Waals surface area contributed by atoms with Crippen molar-refractivity contribution >= 4 is 5.91 Å². The van der Waals surface area contributed by atoms with Gasteiger partial charge in [-0.2, -0.15) is 5.26 Å². The topological polar surface area (TPSA) is 82.2 Å². The van der Waals surface area contributed by atoms with E-state index in [-0.39, 0.29) is 5.91 Å². The first kappa shape index (κ1) is 16.3. The van der Waals surface area contributed by atoms with Crippen LogP contribution in [-0.2, 0) is 4.79 Å². The number of nitrogens with zero attached hydrogens (tertiary/aromatic N) is 2. The Labute approximate surface area is 127 Å². The van der Waals surface area contributed by atoms with Gasteiger partial charge in [0.25, 0.3) is 0 Å². The standard InChI is InChI=1S/C16H28N4O/c1-20(14-7-5-6-13(14)10-17)11-15(21)19-16(12-18)8-3-2-4-9-16/h13-14H,2-11,17H2,1H3,(H,19,21). The Morgan fingerprint density at radius 1 is 1.33 bits per heavy atom. The summed E-state index contributed by atoms with van der Waals surface area (Å²) in [5.41, 5.74) is 5.19. The molecule has 2 aliphatic carbocycles. The molecule has 0 spiro atoms. The summed E-state index contributed by atoms with van der Waals surface area (Å²) in [6.45, 7) is 1.06. The zero-order valence-electron chi connectivity index (χ0n) is 13.1. The van der Waals surface area contributed by atoms with Gasteiger partial charge < -0.3 is 11.1 Å². The summed E-state index contributed by atoms with van der Waals surface area (Å²) in [4.78, 5) is 14.4. The van der Waals surface area contributed by atoms with Crippen LogP contribution >= 0.6 is 0 Å². The van der Waals surface area contributed by atoms with Crippen molar-refractivity contribution in [1.82, 2.24) is 10.2 Å². The Balaban J connectivity index is 1.87. The summed E-state index contributed by atoms with van der Waals surface area (Å²) >= 11 is 0. The minimum atomic E-state index is -0.626. The maximum atomic E-state index is 12.3. The van der Waals surface area contributed by atoms with E-state index in [1.165, 1.54) is 12.8 Å². The van der Waals surface area contributed by atoms with E-state index in [9.17, 15) is 10.1 Å². The molecule has 0 aromatic carbocycles. The molecule has 2 unspecified atom stereocenters. The quantitative estimate of drug-likeness (QED) is 0.802. The fourth-order valence-corrected chi connectivity index (χ4v) is 3.94. The van der Waals surface area contributed by atoms with Gasteiger partial charge in [0.2, 0.25) is 5.91 Å². The Bertz CT molecular complexity index is 398. The third-order valence-electron chi connectivity index (χ3n) is 5.18. The maximum absolute atomic E-state index is 12.3. The van der Waals surface area contributed by atoms with E-state index in [4.69, 9.17) is 5.73 Å². The van der Waals surface area contributed by atoms with Crippen LogP contribution in [0.4, 0.5) is 0 Å². The monoisotopic (exact) mass is 292 g/mol. The van der Waals surface area contributed by atoms with Crippen LogP contribution in [0.15, 0.2) is 0 Å². The third kappa shape index (κ3) is 3.96. The average Bonchev–Trinajstić information content (AvgIpc) is 2.96. The van der Waals surface area contributed by atoms with Crippen LogP contribution in [0.3, 0.4) is 0 Å². The number of nitrogens with two attached hydrogens (primary N) is 1. The first-order chi connectivity index (χ1) is 10.1. The van der Waals surface area contributed by atoms with Crippen molar-refractivity contribution in [3.63, 3.8) is 0 Å². The van der Waals surface area contributed by atoms with Crippen LogP contribution in [0.5, 0.6) is 0 Å². The molecule has 2 atom stereocenters. The average molecular weight is 292 g/mol. The van der Waals surface area contributed by atoms with Crippen LogP contribution in [0.25, 0.3) is 0 Å². The number of rotatable bonds is 5. The predicted octanol–water partition coefficient (Wildman–Crippen LogP) is 1.39. The van der Waals surface area contributed by atoms with Gasteiger partial charge in [-0.05, 0) is 45.2 Å². The first-order valence-corrected chi connectivity index (χ1v) is 8.23. The van der Waals surface area contributed by atoms with Crippen molar-refractivity contribution in [3.8, 4) is 6.07 Å². The Morgan fingerprint density at radius 3 is 2.67 bits per heavy atom. The molecule has 2 rings (SSSR count). The third-order valence-corrected chi connectivity index (χ3v) is 5.18. The predicted molar refractivity (Wildman–Crippen MR) is 82.4 cm³/mol. The van der Waals surface area contributed by atoms with Crippen molar-refractivity contribution < 1.29 is 4.79 Å². The molecule has 21 heavy (non-hydrogen) atoms. The number of nitriles is 1. The molecule has 0 aliphatic heterocycles. The van der Waals surface area contributed by atoms with Gasteiger partial charge in [-0.15, -0.1) is 0 Å². The number of carbonyl (C=O) groups is 1. The largest absolute Gasteiger partial charge is 0.337 e. The number of hydrogen-bond donors (Lipinski definition) is 2. The molecule has 1 amide bonds. The highest BCUT2D eigenvalue weighted by Crippen LogP contribution is 2.29. The molecule has 2 saturated carbocycles. The molecule has 2 aliphatic rings. The SMILES string of the molecule is CN(CC(=O)NC1(C#N)CCCCC1)C1CCCC1CN. The summed E-state index contributed by atoms with van der Waals surface area (Å²) < 4.78 is 0. The highest BCUT2D eigenvalue weighted by atomic mass is 16.2. The molecule has 0 aromatic heterocycles. The molecule has 118 valence electrons. The van der Waals surface area contributed by atoms with Crippen molar-refractivity contribution in [2.75, 3.05) is 20.1 Å². The normalized spacial score (nSPS) is 28.3. The number of carbonyl (C=O) groups excluding carboxylic acids is 1. The molecule has 0 bridgehead atoms. The highest BCUT2D eigenvalue weighted by molar-refractivity contribution is 5.79. The van der Waals surface area contributed by atoms with Gasteiger partial charge in [-0.3, -0.25) is 9.69 Å². The van der Waals surface area contributed by atoms with Crippen LogP contribution in [0.2, 0.25) is 0 Å². The van der Waals surface area contributed by atoms with Crippen LogP contribution in [-0.4, -0.2) is 42.5 Å². The highest BCUT2D eigenvalue weighted by Gasteiger charge is 2.35. The second-order valence-corrected chi connectivity index (χ2v) is 6.71. The molecule has 0 aromatic rings. The van der Waals surface area contributed by atoms with E-state index in [0.29, 0.717) is 25.0 Å². The van der Waals surface area contributed by atoms with Gasteiger partial charge in [0, 0.05) is 6.04 Å². The molecule has 0 saturated heterocycles. The van der Waals surface area contributed by atoms with Crippen molar-refractivity contribution in [2.24, 2.45) is 11.7 Å². The molecular weight excluding hydrogens is 264 g/mol. The fraction of sp³-hybridized carbons (Fsp3) is 0.875. The number of likely N-dealkylation sites (N-methyl/N-ethyl adjacent to an activating group) is 1. The van der Waals surface area contributed by atoms with Crippen LogP contribution < -0.4 is 11.1 Å². The zero-order chi connectivity index (χ0) is 15.3. The summed E-state index contributed by atoms with van der Waals surface area (Å²) in [5, 5.41) is 12.4. The molecule has 5 nitrogen and oxygen atoms in total. The lowest BCUT2D eigenvalue weighted by atomic mass is 9.83. The van der Waals surface area contributed by atoms with E-state index in [1.807, 2.05) is 7.05 Å². The van der Waals surface area contributed by atoms with Crippen LogP contribution in [0.1, 0.15) is 51.4 Å². The van der Waals surface area contributed by atoms with E-state index >= 15 is 0 Å². The second-order valence-electron chi connectivity index (χ2n) is 6.71. The van der Waals surface area contributed by atoms with E-state index in [1.54, 1.807) is 0 Å². The minimum Gasteiger partial charge on any atom is -0.337 e. The Hall–Kier alpha value is -1.12. The number of nitrogens with one attached hydrogen (secondary N) is 1. The van der Waals surface area contributed by atoms with Gasteiger partial charge in [0.1, 0.15) is 5.54 Å². The van der Waals surface area contributed by atoms with Gasteiger partial charge >= 0.3 is 0 Å². The zero-order valence-corrected chi connectivity index (χ0v) is 13.1. The maximum Gasteiger partial charge on any atom is 0.235 e. The molecule has 3 N–H and O–H groups in total. The molecule has 0 heterocycles.